The second-order valence-corrected chi connectivity index (χ2v) is 8.88. The van der Waals surface area contributed by atoms with E-state index in [0.29, 0.717) is 40.1 Å². The van der Waals surface area contributed by atoms with Crippen molar-refractivity contribution in [1.82, 2.24) is 4.57 Å². The van der Waals surface area contributed by atoms with Crippen molar-refractivity contribution in [3.05, 3.63) is 114 Å². The van der Waals surface area contributed by atoms with E-state index in [2.05, 4.69) is 5.32 Å². The van der Waals surface area contributed by atoms with Crippen LogP contribution in [-0.4, -0.2) is 27.8 Å². The van der Waals surface area contributed by atoms with Crippen molar-refractivity contribution < 1.29 is 24.5 Å². The molecule has 1 aromatic heterocycles. The Kier molecular flexibility index (Phi) is 7.17. The lowest BCUT2D eigenvalue weighted by atomic mass is 10.0. The van der Waals surface area contributed by atoms with Crippen LogP contribution in [0.2, 0.25) is 0 Å². The molecule has 0 aliphatic carbocycles. The summed E-state index contributed by atoms with van der Waals surface area (Å²) in [4.78, 5) is 13.1. The number of para-hydroxylation sites is 1. The Hall–Kier alpha value is -4.91. The lowest BCUT2D eigenvalue weighted by Crippen LogP contribution is -2.20. The molecule has 0 fully saturated rings. The number of methoxy groups -OCH3 is 1. The van der Waals surface area contributed by atoms with Gasteiger partial charge in [0.25, 0.3) is 0 Å². The SMILES string of the molecule is COc1cc(C(CC(=O)Nc2ccccc2)n2c(O)c3ccccc3c2O)ccc1OCc1ccccc1. The molecule has 3 N–H and O–H groups in total. The summed E-state index contributed by atoms with van der Waals surface area (Å²) in [6.45, 7) is 0.365. The number of carbonyl (C=O) groups excluding carboxylic acids is 1. The van der Waals surface area contributed by atoms with Crippen molar-refractivity contribution in [1.29, 1.82) is 0 Å². The van der Waals surface area contributed by atoms with E-state index in [1.54, 1.807) is 55.6 Å². The monoisotopic (exact) mass is 508 g/mol. The van der Waals surface area contributed by atoms with Crippen LogP contribution in [0.5, 0.6) is 23.3 Å². The third-order valence-corrected chi connectivity index (χ3v) is 6.42. The summed E-state index contributed by atoms with van der Waals surface area (Å²) >= 11 is 0. The van der Waals surface area contributed by atoms with Crippen LogP contribution in [0.4, 0.5) is 5.69 Å². The molecule has 0 aliphatic rings. The van der Waals surface area contributed by atoms with Gasteiger partial charge in [0, 0.05) is 16.5 Å². The first kappa shape index (κ1) is 24.8. The van der Waals surface area contributed by atoms with Crippen LogP contribution in [0.3, 0.4) is 0 Å². The van der Waals surface area contributed by atoms with E-state index < -0.39 is 6.04 Å². The molecule has 0 spiro atoms. The van der Waals surface area contributed by atoms with Crippen LogP contribution in [0.1, 0.15) is 23.6 Å². The molecule has 0 saturated carbocycles. The standard InChI is InChI=1S/C31H28N2O5/c1-37-28-18-22(16-17-27(28)38-20-21-10-4-2-5-11-21)26(19-29(34)32-23-12-6-3-7-13-23)33-30(35)24-14-8-9-15-25(24)31(33)36/h2-18,26,35-36H,19-20H2,1H3,(H,32,34). The van der Waals surface area contributed by atoms with Crippen molar-refractivity contribution in [3.8, 4) is 23.3 Å². The van der Waals surface area contributed by atoms with Gasteiger partial charge in [-0.15, -0.1) is 0 Å². The largest absolute Gasteiger partial charge is 0.494 e. The highest BCUT2D eigenvalue weighted by Gasteiger charge is 2.27. The quantitative estimate of drug-likeness (QED) is 0.219. The van der Waals surface area contributed by atoms with Gasteiger partial charge in [0.15, 0.2) is 11.5 Å². The number of hydrogen-bond donors (Lipinski definition) is 3. The van der Waals surface area contributed by atoms with E-state index >= 15 is 0 Å². The lowest BCUT2D eigenvalue weighted by molar-refractivity contribution is -0.116. The molecule has 1 amide bonds. The van der Waals surface area contributed by atoms with Gasteiger partial charge < -0.3 is 25.0 Å². The normalized spacial score (nSPS) is 11.7. The van der Waals surface area contributed by atoms with Gasteiger partial charge >= 0.3 is 0 Å². The molecule has 5 rings (SSSR count). The zero-order valence-corrected chi connectivity index (χ0v) is 20.9. The number of benzene rings is 4. The number of rotatable bonds is 9. The van der Waals surface area contributed by atoms with Crippen LogP contribution in [0.15, 0.2) is 103 Å². The van der Waals surface area contributed by atoms with Crippen LogP contribution < -0.4 is 14.8 Å². The van der Waals surface area contributed by atoms with Gasteiger partial charge in [-0.3, -0.25) is 9.36 Å². The molecule has 4 aromatic carbocycles. The van der Waals surface area contributed by atoms with Crippen LogP contribution >= 0.6 is 0 Å². The van der Waals surface area contributed by atoms with Crippen molar-refractivity contribution in [2.75, 3.05) is 12.4 Å². The minimum absolute atomic E-state index is 0.0512. The smallest absolute Gasteiger partial charge is 0.226 e. The van der Waals surface area contributed by atoms with E-state index in [1.807, 2.05) is 54.6 Å². The fourth-order valence-electron chi connectivity index (χ4n) is 4.54. The molecule has 1 atom stereocenters. The number of hydrogen-bond acceptors (Lipinski definition) is 5. The minimum atomic E-state index is -0.733. The van der Waals surface area contributed by atoms with E-state index in [4.69, 9.17) is 9.47 Å². The number of carbonyl (C=O) groups is 1. The first-order valence-corrected chi connectivity index (χ1v) is 12.3. The maximum Gasteiger partial charge on any atom is 0.226 e. The average Bonchev–Trinajstić information content (AvgIpc) is 3.21. The molecule has 0 radical (unpaired) electrons. The predicted molar refractivity (Wildman–Crippen MR) is 147 cm³/mol. The Morgan fingerprint density at radius 1 is 0.816 bits per heavy atom. The zero-order valence-electron chi connectivity index (χ0n) is 20.9. The molecule has 5 aromatic rings. The van der Waals surface area contributed by atoms with E-state index in [1.165, 1.54) is 4.57 Å². The zero-order chi connectivity index (χ0) is 26.5. The predicted octanol–water partition coefficient (Wildman–Crippen LogP) is 6.26. The number of aromatic nitrogens is 1. The summed E-state index contributed by atoms with van der Waals surface area (Å²) in [5.74, 6) is 0.486. The van der Waals surface area contributed by atoms with E-state index in [0.717, 1.165) is 5.56 Å². The van der Waals surface area contributed by atoms with Crippen molar-refractivity contribution in [2.24, 2.45) is 0 Å². The molecule has 7 heteroatoms. The second-order valence-electron chi connectivity index (χ2n) is 8.88. The van der Waals surface area contributed by atoms with Crippen LogP contribution in [0.25, 0.3) is 10.8 Å². The summed E-state index contributed by atoms with van der Waals surface area (Å²) in [5.41, 5.74) is 2.33. The fraction of sp³-hybridized carbons (Fsp3) is 0.129. The lowest BCUT2D eigenvalue weighted by Gasteiger charge is -2.22. The van der Waals surface area contributed by atoms with Gasteiger partial charge in [-0.2, -0.15) is 0 Å². The van der Waals surface area contributed by atoms with Crippen LogP contribution in [-0.2, 0) is 11.4 Å². The average molecular weight is 509 g/mol. The summed E-state index contributed by atoms with van der Waals surface area (Å²) in [6.07, 6.45) is -0.0512. The van der Waals surface area contributed by atoms with Crippen molar-refractivity contribution in [2.45, 2.75) is 19.1 Å². The Balaban J connectivity index is 1.51. The molecule has 0 saturated heterocycles. The van der Waals surface area contributed by atoms with Gasteiger partial charge in [0.2, 0.25) is 17.7 Å². The molecular formula is C31H28N2O5. The fourth-order valence-corrected chi connectivity index (χ4v) is 4.54. The third-order valence-electron chi connectivity index (χ3n) is 6.42. The summed E-state index contributed by atoms with van der Waals surface area (Å²) < 4.78 is 13.0. The maximum absolute atomic E-state index is 13.1. The van der Waals surface area contributed by atoms with Gasteiger partial charge in [-0.25, -0.2) is 0 Å². The Morgan fingerprint density at radius 3 is 2.05 bits per heavy atom. The number of amides is 1. The van der Waals surface area contributed by atoms with Gasteiger partial charge in [-0.1, -0.05) is 66.7 Å². The van der Waals surface area contributed by atoms with E-state index in [-0.39, 0.29) is 24.1 Å². The van der Waals surface area contributed by atoms with Crippen LogP contribution in [0, 0.1) is 0 Å². The van der Waals surface area contributed by atoms with Gasteiger partial charge in [0.1, 0.15) is 6.61 Å². The molecule has 7 nitrogen and oxygen atoms in total. The van der Waals surface area contributed by atoms with E-state index in [9.17, 15) is 15.0 Å². The van der Waals surface area contributed by atoms with Crippen molar-refractivity contribution in [3.63, 3.8) is 0 Å². The highest BCUT2D eigenvalue weighted by atomic mass is 16.5. The Bertz CT molecular complexity index is 1510. The van der Waals surface area contributed by atoms with Crippen molar-refractivity contribution >= 4 is 22.4 Å². The highest BCUT2D eigenvalue weighted by molar-refractivity contribution is 5.94. The molecule has 38 heavy (non-hydrogen) atoms. The maximum atomic E-state index is 13.1. The topological polar surface area (TPSA) is 93.0 Å². The molecule has 0 bridgehead atoms. The summed E-state index contributed by atoms with van der Waals surface area (Å²) in [6, 6.07) is 30.6. The Labute approximate surface area is 220 Å². The number of aromatic hydroxyl groups is 2. The second kappa shape index (κ2) is 11.0. The number of nitrogens with one attached hydrogen (secondary N) is 1. The number of nitrogens with zero attached hydrogens (tertiary/aromatic N) is 1. The minimum Gasteiger partial charge on any atom is -0.494 e. The number of anilines is 1. The summed E-state index contributed by atoms with van der Waals surface area (Å²) in [7, 11) is 1.55. The third kappa shape index (κ3) is 5.13. The highest BCUT2D eigenvalue weighted by Crippen LogP contribution is 2.43. The molecule has 192 valence electrons. The first-order valence-electron chi connectivity index (χ1n) is 12.3. The number of fused-ring (bicyclic) bond motifs is 1. The van der Waals surface area contributed by atoms with Gasteiger partial charge in [-0.05, 0) is 47.5 Å². The molecule has 1 unspecified atom stereocenters. The Morgan fingerprint density at radius 2 is 1.42 bits per heavy atom. The molecular weight excluding hydrogens is 480 g/mol. The number of ether oxygens (including phenoxy) is 2. The van der Waals surface area contributed by atoms with Gasteiger partial charge in [0.05, 0.1) is 19.6 Å². The molecule has 1 heterocycles. The first-order chi connectivity index (χ1) is 18.5. The molecule has 0 aliphatic heterocycles. The summed E-state index contributed by atoms with van der Waals surface area (Å²) in [5, 5.41) is 26.1.